The van der Waals surface area contributed by atoms with Crippen LogP contribution >= 0.6 is 0 Å². The van der Waals surface area contributed by atoms with E-state index in [1.54, 1.807) is 30.3 Å². The quantitative estimate of drug-likeness (QED) is 0.277. The lowest BCUT2D eigenvalue weighted by molar-refractivity contribution is -0.121. The van der Waals surface area contributed by atoms with Gasteiger partial charge in [-0.3, -0.25) is 24.4 Å². The smallest absolute Gasteiger partial charge is 0.237 e. The molecule has 9 rings (SSSR count). The van der Waals surface area contributed by atoms with Crippen LogP contribution in [0.25, 0.3) is 33.6 Å². The second kappa shape index (κ2) is 12.2. The number of amides is 2. The van der Waals surface area contributed by atoms with E-state index in [2.05, 4.69) is 30.4 Å². The van der Waals surface area contributed by atoms with Crippen LogP contribution in [0.15, 0.2) is 48.7 Å². The molecule has 4 aromatic rings. The molecule has 268 valence electrons. The molecule has 2 spiro atoms. The van der Waals surface area contributed by atoms with Crippen LogP contribution in [-0.2, 0) is 16.1 Å². The van der Waals surface area contributed by atoms with E-state index in [1.807, 2.05) is 0 Å². The Hall–Kier alpha value is -5.21. The van der Waals surface area contributed by atoms with Crippen molar-refractivity contribution in [2.24, 2.45) is 0 Å². The zero-order chi connectivity index (χ0) is 35.8. The number of benzene rings is 2. The first-order valence-corrected chi connectivity index (χ1v) is 17.5. The number of carbonyl (C=O) groups is 2. The van der Waals surface area contributed by atoms with Crippen molar-refractivity contribution in [2.45, 2.75) is 49.3 Å². The van der Waals surface area contributed by atoms with E-state index in [0.717, 1.165) is 31.5 Å². The van der Waals surface area contributed by atoms with Gasteiger partial charge in [0.1, 0.15) is 29.7 Å². The van der Waals surface area contributed by atoms with Crippen molar-refractivity contribution in [2.75, 3.05) is 47.0 Å². The van der Waals surface area contributed by atoms with Gasteiger partial charge in [-0.1, -0.05) is 24.3 Å². The largest absolute Gasteiger partial charge is 0.491 e. The predicted octanol–water partition coefficient (Wildman–Crippen LogP) is 4.03. The number of rotatable bonds is 8. The fraction of sp³-hybridized carbons (Fsp3) is 0.395. The Bertz CT molecular complexity index is 2140. The topological polar surface area (TPSA) is 131 Å². The second-order valence-corrected chi connectivity index (χ2v) is 14.5. The van der Waals surface area contributed by atoms with Gasteiger partial charge in [0.15, 0.2) is 0 Å². The number of carbonyl (C=O) groups excluding carboxylic acids is 2. The van der Waals surface area contributed by atoms with Gasteiger partial charge in [-0.05, 0) is 25.0 Å². The summed E-state index contributed by atoms with van der Waals surface area (Å²) in [7, 11) is 3.01. The SMILES string of the molecule is COc1nc(-c2cccc(-c3cccc(-c4cc5c(c(OC)n4)[C@@H](N4CC6(CCC(=O)N6)C4)CO5)c3F)c2F)cnc1CN1CC2(CCC(=O)N2)C1. The Balaban J connectivity index is 0.973. The summed E-state index contributed by atoms with van der Waals surface area (Å²) in [6.45, 7) is 3.71. The Kier molecular flexibility index (Phi) is 7.66. The lowest BCUT2D eigenvalue weighted by atomic mass is 9.86. The number of hydrogen-bond donors (Lipinski definition) is 2. The Morgan fingerprint density at radius 1 is 0.827 bits per heavy atom. The molecule has 5 aliphatic heterocycles. The Labute approximate surface area is 298 Å². The highest BCUT2D eigenvalue weighted by molar-refractivity contribution is 5.81. The summed E-state index contributed by atoms with van der Waals surface area (Å²) in [5.74, 6) is 0.0242. The normalized spacial score (nSPS) is 21.3. The summed E-state index contributed by atoms with van der Waals surface area (Å²) >= 11 is 0. The number of aromatic nitrogens is 3. The van der Waals surface area contributed by atoms with Crippen LogP contribution in [0.3, 0.4) is 0 Å². The third-order valence-electron chi connectivity index (χ3n) is 11.1. The van der Waals surface area contributed by atoms with Crippen LogP contribution in [-0.4, -0.2) is 94.6 Å². The molecule has 0 radical (unpaired) electrons. The molecule has 4 saturated heterocycles. The molecule has 2 N–H and O–H groups in total. The first-order chi connectivity index (χ1) is 25.2. The van der Waals surface area contributed by atoms with E-state index in [9.17, 15) is 9.59 Å². The molecule has 0 bridgehead atoms. The summed E-state index contributed by atoms with van der Waals surface area (Å²) in [5, 5.41) is 6.18. The van der Waals surface area contributed by atoms with Crippen molar-refractivity contribution in [3.63, 3.8) is 0 Å². The van der Waals surface area contributed by atoms with E-state index in [-0.39, 0.29) is 62.8 Å². The fourth-order valence-electron chi connectivity index (χ4n) is 8.55. The summed E-state index contributed by atoms with van der Waals surface area (Å²) in [6, 6.07) is 11.1. The minimum atomic E-state index is -0.652. The molecular weight excluding hydrogens is 672 g/mol. The molecule has 12 nitrogen and oxygen atoms in total. The Morgan fingerprint density at radius 2 is 1.40 bits per heavy atom. The van der Waals surface area contributed by atoms with Crippen molar-refractivity contribution < 1.29 is 32.6 Å². The molecule has 5 aliphatic rings. The summed E-state index contributed by atoms with van der Waals surface area (Å²) in [5.41, 5.74) is 2.02. The summed E-state index contributed by atoms with van der Waals surface area (Å²) in [6.07, 6.45) is 4.21. The number of nitrogens with zero attached hydrogens (tertiary/aromatic N) is 5. The zero-order valence-corrected chi connectivity index (χ0v) is 28.8. The van der Waals surface area contributed by atoms with Crippen molar-refractivity contribution in [1.29, 1.82) is 0 Å². The average molecular weight is 710 g/mol. The lowest BCUT2D eigenvalue weighted by Crippen LogP contribution is -2.67. The molecule has 2 aromatic carbocycles. The third kappa shape index (κ3) is 5.34. The number of likely N-dealkylation sites (tertiary alicyclic amines) is 2. The molecule has 0 aliphatic carbocycles. The highest BCUT2D eigenvalue weighted by atomic mass is 19.1. The summed E-state index contributed by atoms with van der Waals surface area (Å²) in [4.78, 5) is 41.8. The molecule has 1 atom stereocenters. The lowest BCUT2D eigenvalue weighted by Gasteiger charge is -2.50. The van der Waals surface area contributed by atoms with Crippen molar-refractivity contribution in [1.82, 2.24) is 35.4 Å². The van der Waals surface area contributed by atoms with Crippen LogP contribution in [0.4, 0.5) is 8.78 Å². The van der Waals surface area contributed by atoms with Gasteiger partial charge in [0.25, 0.3) is 0 Å². The molecule has 0 unspecified atom stereocenters. The van der Waals surface area contributed by atoms with Gasteiger partial charge in [-0.25, -0.2) is 18.7 Å². The zero-order valence-electron chi connectivity index (χ0n) is 28.8. The maximum absolute atomic E-state index is 16.5. The van der Waals surface area contributed by atoms with Gasteiger partial charge in [0.2, 0.25) is 23.6 Å². The number of ether oxygens (including phenoxy) is 3. The number of methoxy groups -OCH3 is 2. The third-order valence-corrected chi connectivity index (χ3v) is 11.1. The molecule has 14 heteroatoms. The van der Waals surface area contributed by atoms with Crippen LogP contribution in [0.5, 0.6) is 17.5 Å². The molecule has 0 saturated carbocycles. The number of fused-ring (bicyclic) bond motifs is 1. The first kappa shape index (κ1) is 32.7. The first-order valence-electron chi connectivity index (χ1n) is 17.5. The van der Waals surface area contributed by atoms with Gasteiger partial charge >= 0.3 is 0 Å². The average Bonchev–Trinajstić information content (AvgIpc) is 3.84. The number of hydrogen-bond acceptors (Lipinski definition) is 10. The highest BCUT2D eigenvalue weighted by Crippen LogP contribution is 2.47. The van der Waals surface area contributed by atoms with E-state index < -0.39 is 11.6 Å². The van der Waals surface area contributed by atoms with Gasteiger partial charge < -0.3 is 24.8 Å². The van der Waals surface area contributed by atoms with Crippen molar-refractivity contribution >= 4 is 11.8 Å². The summed E-state index contributed by atoms with van der Waals surface area (Å²) < 4.78 is 50.2. The predicted molar refractivity (Wildman–Crippen MR) is 184 cm³/mol. The van der Waals surface area contributed by atoms with Gasteiger partial charge in [0, 0.05) is 73.9 Å². The highest BCUT2D eigenvalue weighted by Gasteiger charge is 2.52. The maximum Gasteiger partial charge on any atom is 0.237 e. The Morgan fingerprint density at radius 3 is 2.00 bits per heavy atom. The van der Waals surface area contributed by atoms with Crippen LogP contribution in [0, 0.1) is 11.6 Å². The fourth-order valence-corrected chi connectivity index (χ4v) is 8.55. The molecule has 2 amide bonds. The second-order valence-electron chi connectivity index (χ2n) is 14.5. The van der Waals surface area contributed by atoms with Crippen molar-refractivity contribution in [3.8, 4) is 51.2 Å². The standard InChI is InChI=1S/C38H37F2N7O5/c1-50-35-27(15-46-17-37(18-46)11-9-30(48)44-37)41-14-26(43-35)24-8-4-6-22(34(24)40)21-5-3-7-23(33(21)39)25-13-29-32(36(42-25)51-2)28(16-52-29)47-19-38(20-47)12-10-31(49)45-38/h3-8,13-14,28H,9-12,15-20H2,1-2H3,(H,44,48)(H,45,49)/t28-/m0/s1. The van der Waals surface area contributed by atoms with Crippen molar-refractivity contribution in [3.05, 3.63) is 71.6 Å². The minimum absolute atomic E-state index is 0.0568. The minimum Gasteiger partial charge on any atom is -0.491 e. The number of halogens is 2. The monoisotopic (exact) mass is 709 g/mol. The number of pyridine rings is 1. The number of nitrogens with one attached hydrogen (secondary N) is 2. The molecule has 52 heavy (non-hydrogen) atoms. The molecule has 2 aromatic heterocycles. The van der Waals surface area contributed by atoms with E-state index in [4.69, 9.17) is 19.2 Å². The van der Waals surface area contributed by atoms with E-state index in [0.29, 0.717) is 62.1 Å². The molecular formula is C38H37F2N7O5. The van der Waals surface area contributed by atoms with E-state index >= 15 is 8.78 Å². The van der Waals surface area contributed by atoms with E-state index in [1.165, 1.54) is 32.5 Å². The molecule has 7 heterocycles. The van der Waals surface area contributed by atoms with Crippen LogP contribution in [0.1, 0.15) is 43.0 Å². The van der Waals surface area contributed by atoms with Crippen LogP contribution < -0.4 is 24.8 Å². The maximum atomic E-state index is 16.5. The molecule has 4 fully saturated rings. The van der Waals surface area contributed by atoms with Gasteiger partial charge in [-0.2, -0.15) is 0 Å². The van der Waals surface area contributed by atoms with Crippen LogP contribution in [0.2, 0.25) is 0 Å². The van der Waals surface area contributed by atoms with Gasteiger partial charge in [0.05, 0.1) is 54.5 Å². The van der Waals surface area contributed by atoms with Gasteiger partial charge in [-0.15, -0.1) is 0 Å².